The van der Waals surface area contributed by atoms with Crippen molar-refractivity contribution in [2.24, 2.45) is 5.73 Å². The number of ether oxygens (including phenoxy) is 2. The Morgan fingerprint density at radius 3 is 1.26 bits per heavy atom. The zero-order valence-electron chi connectivity index (χ0n) is 31.8. The number of carbonyl (C=O) groups is 3. The van der Waals surface area contributed by atoms with Gasteiger partial charge in [0, 0.05) is 12.8 Å². The van der Waals surface area contributed by atoms with Gasteiger partial charge in [0.2, 0.25) is 0 Å². The van der Waals surface area contributed by atoms with E-state index >= 15 is 0 Å². The first-order chi connectivity index (χ1) is 24.1. The molecule has 296 valence electrons. The molecule has 12 heteroatoms. The van der Waals surface area contributed by atoms with Crippen molar-refractivity contribution in [1.82, 2.24) is 0 Å². The van der Waals surface area contributed by atoms with Gasteiger partial charge >= 0.3 is 25.7 Å². The average molecular weight is 736 g/mol. The number of hydrogen-bond acceptors (Lipinski definition) is 9. The lowest BCUT2D eigenvalue weighted by molar-refractivity contribution is -0.161. The standard InChI is InChI=1S/C38H74NO10P/c1-3-5-7-9-11-13-15-17-18-20-22-24-26-28-30-37(41)49-34(32-47-50(44,45)48-33-35(39)38(42)43)31-46-36(40)29-27-25-23-21-19-16-14-12-10-8-6-4-2/h34-35H,3-33,39H2,1-2H3,(H,42,43)(H,44,45)/t34-,35+/m1/s1. The molecular formula is C38H74NO10P. The Labute approximate surface area is 304 Å². The van der Waals surface area contributed by atoms with Crippen LogP contribution in [0.15, 0.2) is 0 Å². The first-order valence-electron chi connectivity index (χ1n) is 20.1. The number of carboxylic acids is 1. The maximum atomic E-state index is 12.6. The van der Waals surface area contributed by atoms with Gasteiger partial charge in [-0.05, 0) is 12.8 Å². The molecule has 0 radical (unpaired) electrons. The number of rotatable bonds is 38. The summed E-state index contributed by atoms with van der Waals surface area (Å²) < 4.78 is 32.6. The van der Waals surface area contributed by atoms with Gasteiger partial charge in [-0.25, -0.2) is 4.57 Å². The molecule has 0 aliphatic rings. The molecule has 0 amide bonds. The van der Waals surface area contributed by atoms with Crippen molar-refractivity contribution in [1.29, 1.82) is 0 Å². The van der Waals surface area contributed by atoms with Crippen LogP contribution in [-0.2, 0) is 37.5 Å². The highest BCUT2D eigenvalue weighted by molar-refractivity contribution is 7.47. The molecule has 0 fully saturated rings. The van der Waals surface area contributed by atoms with Crippen molar-refractivity contribution in [3.8, 4) is 0 Å². The predicted octanol–water partition coefficient (Wildman–Crippen LogP) is 9.95. The Bertz CT molecular complexity index is 875. The molecule has 0 aromatic heterocycles. The lowest BCUT2D eigenvalue weighted by atomic mass is 10.0. The van der Waals surface area contributed by atoms with Crippen molar-refractivity contribution in [2.75, 3.05) is 19.8 Å². The molecule has 0 saturated carbocycles. The second-order valence-electron chi connectivity index (χ2n) is 13.8. The predicted molar refractivity (Wildman–Crippen MR) is 199 cm³/mol. The summed E-state index contributed by atoms with van der Waals surface area (Å²) in [5.41, 5.74) is 5.32. The number of phosphoric ester groups is 1. The number of hydrogen-bond donors (Lipinski definition) is 3. The Hall–Kier alpha value is -1.52. The quantitative estimate of drug-likeness (QED) is 0.0313. The van der Waals surface area contributed by atoms with E-state index in [1.165, 1.54) is 116 Å². The van der Waals surface area contributed by atoms with E-state index in [0.717, 1.165) is 38.5 Å². The van der Waals surface area contributed by atoms with Crippen LogP contribution in [0.4, 0.5) is 0 Å². The van der Waals surface area contributed by atoms with Gasteiger partial charge in [0.05, 0.1) is 13.2 Å². The minimum Gasteiger partial charge on any atom is -0.480 e. The molecule has 0 aromatic rings. The van der Waals surface area contributed by atoms with Gasteiger partial charge in [0.25, 0.3) is 0 Å². The van der Waals surface area contributed by atoms with Crippen LogP contribution in [0.1, 0.15) is 194 Å². The minimum absolute atomic E-state index is 0.169. The van der Waals surface area contributed by atoms with E-state index in [1.807, 2.05) is 0 Å². The molecule has 3 atom stereocenters. The summed E-state index contributed by atoms with van der Waals surface area (Å²) in [6.07, 6.45) is 30.2. The van der Waals surface area contributed by atoms with Crippen molar-refractivity contribution < 1.29 is 47.5 Å². The number of carboxylic acid groups (broad SMARTS) is 1. The SMILES string of the molecule is CCCCCCCCCCCCCCCCC(=O)O[C@H](COC(=O)CCCCCCCCCCCCCC)COP(=O)(O)OC[C@H](N)C(=O)O. The molecule has 4 N–H and O–H groups in total. The van der Waals surface area contributed by atoms with Gasteiger partial charge in [-0.2, -0.15) is 0 Å². The van der Waals surface area contributed by atoms with Gasteiger partial charge in [0.15, 0.2) is 6.10 Å². The maximum absolute atomic E-state index is 12.6. The van der Waals surface area contributed by atoms with Crippen molar-refractivity contribution in [3.63, 3.8) is 0 Å². The van der Waals surface area contributed by atoms with Crippen LogP contribution in [0.3, 0.4) is 0 Å². The lowest BCUT2D eigenvalue weighted by Crippen LogP contribution is -2.34. The van der Waals surface area contributed by atoms with Gasteiger partial charge < -0.3 is 25.2 Å². The third-order valence-corrected chi connectivity index (χ3v) is 9.81. The number of carbonyl (C=O) groups excluding carboxylic acids is 2. The Morgan fingerprint density at radius 2 is 0.880 bits per heavy atom. The van der Waals surface area contributed by atoms with Crippen LogP contribution in [0, 0.1) is 0 Å². The Morgan fingerprint density at radius 1 is 0.540 bits per heavy atom. The molecule has 0 saturated heterocycles. The van der Waals surface area contributed by atoms with Crippen molar-refractivity contribution >= 4 is 25.7 Å². The summed E-state index contributed by atoms with van der Waals surface area (Å²) in [7, 11) is -4.70. The number of esters is 2. The van der Waals surface area contributed by atoms with Crippen LogP contribution >= 0.6 is 7.82 Å². The van der Waals surface area contributed by atoms with E-state index in [9.17, 15) is 23.8 Å². The molecule has 1 unspecified atom stereocenters. The van der Waals surface area contributed by atoms with E-state index < -0.39 is 51.1 Å². The molecule has 0 rings (SSSR count). The molecule has 50 heavy (non-hydrogen) atoms. The molecule has 11 nitrogen and oxygen atoms in total. The molecule has 0 heterocycles. The fourth-order valence-corrected chi connectivity index (χ4v) is 6.43. The zero-order valence-corrected chi connectivity index (χ0v) is 32.7. The molecule has 0 aliphatic heterocycles. The number of nitrogens with two attached hydrogens (primary N) is 1. The van der Waals surface area contributed by atoms with Gasteiger partial charge in [-0.3, -0.25) is 23.4 Å². The van der Waals surface area contributed by atoms with E-state index in [1.54, 1.807) is 0 Å². The highest BCUT2D eigenvalue weighted by Crippen LogP contribution is 2.43. The summed E-state index contributed by atoms with van der Waals surface area (Å²) in [6.45, 7) is 2.80. The highest BCUT2D eigenvalue weighted by atomic mass is 31.2. The van der Waals surface area contributed by atoms with Crippen LogP contribution in [0.5, 0.6) is 0 Å². The Balaban J connectivity index is 4.38. The molecular weight excluding hydrogens is 661 g/mol. The summed E-state index contributed by atoms with van der Waals surface area (Å²) in [5, 5.41) is 8.86. The second-order valence-corrected chi connectivity index (χ2v) is 15.2. The van der Waals surface area contributed by atoms with Gasteiger partial charge in [-0.15, -0.1) is 0 Å². The number of phosphoric acid groups is 1. The smallest absolute Gasteiger partial charge is 0.472 e. The first kappa shape index (κ1) is 48.5. The molecule has 0 spiro atoms. The van der Waals surface area contributed by atoms with Crippen LogP contribution in [0.2, 0.25) is 0 Å². The lowest BCUT2D eigenvalue weighted by Gasteiger charge is -2.20. The first-order valence-corrected chi connectivity index (χ1v) is 21.6. The zero-order chi connectivity index (χ0) is 37.1. The van der Waals surface area contributed by atoms with Crippen LogP contribution in [0.25, 0.3) is 0 Å². The second kappa shape index (κ2) is 34.6. The van der Waals surface area contributed by atoms with Crippen LogP contribution in [-0.4, -0.2) is 59.9 Å². The van der Waals surface area contributed by atoms with Gasteiger partial charge in [0.1, 0.15) is 12.6 Å². The third-order valence-electron chi connectivity index (χ3n) is 8.86. The average Bonchev–Trinajstić information content (AvgIpc) is 3.09. The number of aliphatic carboxylic acids is 1. The van der Waals surface area contributed by atoms with E-state index in [2.05, 4.69) is 18.4 Å². The molecule has 0 aromatic carbocycles. The normalized spacial score (nSPS) is 13.8. The summed E-state index contributed by atoms with van der Waals surface area (Å²) in [5.74, 6) is -2.36. The van der Waals surface area contributed by atoms with Gasteiger partial charge in [-0.1, -0.05) is 168 Å². The van der Waals surface area contributed by atoms with E-state index in [-0.39, 0.29) is 19.4 Å². The van der Waals surface area contributed by atoms with Crippen molar-refractivity contribution in [3.05, 3.63) is 0 Å². The maximum Gasteiger partial charge on any atom is 0.472 e. The Kier molecular flexibility index (Phi) is 33.5. The summed E-state index contributed by atoms with van der Waals surface area (Å²) in [4.78, 5) is 45.8. The monoisotopic (exact) mass is 736 g/mol. The summed E-state index contributed by atoms with van der Waals surface area (Å²) in [6, 6.07) is -1.51. The van der Waals surface area contributed by atoms with E-state index in [4.69, 9.17) is 24.8 Å². The van der Waals surface area contributed by atoms with E-state index in [0.29, 0.717) is 12.8 Å². The van der Waals surface area contributed by atoms with Crippen LogP contribution < -0.4 is 5.73 Å². The molecule has 0 bridgehead atoms. The summed E-state index contributed by atoms with van der Waals surface area (Å²) >= 11 is 0. The van der Waals surface area contributed by atoms with Crippen molar-refractivity contribution in [2.45, 2.75) is 206 Å². The third kappa shape index (κ3) is 33.6. The fourth-order valence-electron chi connectivity index (χ4n) is 5.65. The highest BCUT2D eigenvalue weighted by Gasteiger charge is 2.28. The minimum atomic E-state index is -4.70. The fraction of sp³-hybridized carbons (Fsp3) is 0.921. The molecule has 0 aliphatic carbocycles. The number of unbranched alkanes of at least 4 members (excludes halogenated alkanes) is 24. The largest absolute Gasteiger partial charge is 0.480 e. The topological polar surface area (TPSA) is 172 Å².